The Morgan fingerprint density at radius 3 is 2.03 bits per heavy atom. The van der Waals surface area contributed by atoms with E-state index in [0.29, 0.717) is 17.4 Å². The summed E-state index contributed by atoms with van der Waals surface area (Å²) >= 11 is 7.62. The van der Waals surface area contributed by atoms with Gasteiger partial charge in [0.1, 0.15) is 23.5 Å². The zero-order valence-electron chi connectivity index (χ0n) is 44.3. The molecule has 71 heavy (non-hydrogen) atoms. The van der Waals surface area contributed by atoms with Crippen molar-refractivity contribution in [2.45, 2.75) is 125 Å². The molecule has 6 aromatic carbocycles. The van der Waals surface area contributed by atoms with E-state index in [0.717, 1.165) is 92.9 Å². The maximum atomic E-state index is 7.62. The number of para-hydroxylation sites is 1. The minimum Gasteiger partial charge on any atom is -0.493 e. The summed E-state index contributed by atoms with van der Waals surface area (Å²) in [6.45, 7) is 32.7. The predicted octanol–water partition coefficient (Wildman–Crippen LogP) is 19.9. The van der Waals surface area contributed by atoms with Crippen LogP contribution in [0.1, 0.15) is 125 Å². The molecule has 1 aromatic heterocycles. The van der Waals surface area contributed by atoms with Gasteiger partial charge in [-0.25, -0.2) is 0 Å². The van der Waals surface area contributed by atoms with Crippen molar-refractivity contribution in [3.05, 3.63) is 197 Å². The van der Waals surface area contributed by atoms with E-state index in [1.807, 2.05) is 18.2 Å². The van der Waals surface area contributed by atoms with Crippen molar-refractivity contribution in [1.82, 2.24) is 0 Å². The molecule has 366 valence electrons. The third-order valence-electron chi connectivity index (χ3n) is 15.8. The second-order valence-corrected chi connectivity index (χ2v) is 23.7. The minimum absolute atomic E-state index is 0.00612. The summed E-state index contributed by atoms with van der Waals surface area (Å²) < 4.78 is 13.0. The molecule has 0 spiro atoms. The SMILES string of the molecule is C=C1/C=C\C=C(\N(c2cc(Cl)cc(N(c3ccc4c(c3)C(C)(C)CCC4(C)C)c3ccc4oc5ccccc5c4c3)c2)c2ccc(C(C)(C)C)cc2-c2ccccc2)C(C)(/C=C(\CC)C(C)(C)CC)CO1. The minimum atomic E-state index is -0.630. The highest BCUT2D eigenvalue weighted by atomic mass is 35.5. The van der Waals surface area contributed by atoms with Crippen molar-refractivity contribution in [3.63, 3.8) is 0 Å². The molecule has 1 atom stereocenters. The number of furan rings is 1. The fraction of sp³-hybridized carbons (Fsp3) is 0.333. The van der Waals surface area contributed by atoms with E-state index in [9.17, 15) is 0 Å². The Morgan fingerprint density at radius 1 is 0.676 bits per heavy atom. The van der Waals surface area contributed by atoms with Crippen LogP contribution in [0.4, 0.5) is 28.4 Å². The molecule has 1 unspecified atom stereocenters. The van der Waals surface area contributed by atoms with Crippen LogP contribution < -0.4 is 9.80 Å². The second kappa shape index (κ2) is 18.7. The number of ether oxygens (including phenoxy) is 1. The van der Waals surface area contributed by atoms with Crippen LogP contribution in [-0.2, 0) is 21.0 Å². The molecule has 2 aliphatic rings. The Balaban J connectivity index is 1.36. The summed E-state index contributed by atoms with van der Waals surface area (Å²) in [5.74, 6) is 0.637. The number of nitrogens with zero attached hydrogens (tertiary/aromatic N) is 2. The van der Waals surface area contributed by atoms with Crippen LogP contribution in [-0.4, -0.2) is 6.61 Å². The molecule has 7 aromatic rings. The van der Waals surface area contributed by atoms with Crippen LogP contribution in [0.15, 0.2) is 180 Å². The molecule has 0 saturated carbocycles. The van der Waals surface area contributed by atoms with Crippen molar-refractivity contribution in [1.29, 1.82) is 0 Å². The molecule has 1 aliphatic heterocycles. The van der Waals surface area contributed by atoms with Crippen molar-refractivity contribution < 1.29 is 9.15 Å². The lowest BCUT2D eigenvalue weighted by Crippen LogP contribution is -2.35. The van der Waals surface area contributed by atoms with Crippen LogP contribution in [0.2, 0.25) is 5.02 Å². The normalized spacial score (nSPS) is 19.3. The first-order valence-electron chi connectivity index (χ1n) is 25.7. The Morgan fingerprint density at radius 2 is 1.32 bits per heavy atom. The molecular weight excluding hydrogens is 888 g/mol. The Hall–Kier alpha value is -6.23. The van der Waals surface area contributed by atoms with E-state index in [1.165, 1.54) is 22.3 Å². The van der Waals surface area contributed by atoms with Gasteiger partial charge >= 0.3 is 0 Å². The first kappa shape index (κ1) is 49.7. The smallest absolute Gasteiger partial charge is 0.135 e. The summed E-state index contributed by atoms with van der Waals surface area (Å²) in [7, 11) is 0. The molecule has 0 fully saturated rings. The van der Waals surface area contributed by atoms with Gasteiger partial charge in [-0.1, -0.05) is 173 Å². The molecular formula is C66H73ClN2O2. The predicted molar refractivity (Wildman–Crippen MR) is 304 cm³/mol. The van der Waals surface area contributed by atoms with Gasteiger partial charge in [0.05, 0.1) is 11.1 Å². The fourth-order valence-corrected chi connectivity index (χ4v) is 11.1. The van der Waals surface area contributed by atoms with E-state index in [2.05, 4.69) is 233 Å². The lowest BCUT2D eigenvalue weighted by atomic mass is 9.63. The third-order valence-corrected chi connectivity index (χ3v) is 16.0. The number of rotatable bonds is 11. The third kappa shape index (κ3) is 9.65. The highest BCUT2D eigenvalue weighted by Crippen LogP contribution is 2.52. The summed E-state index contributed by atoms with van der Waals surface area (Å²) in [5, 5.41) is 2.77. The van der Waals surface area contributed by atoms with E-state index in [4.69, 9.17) is 20.8 Å². The molecule has 2 heterocycles. The first-order valence-corrected chi connectivity index (χ1v) is 26.1. The Bertz CT molecular complexity index is 3250. The highest BCUT2D eigenvalue weighted by molar-refractivity contribution is 6.31. The van der Waals surface area contributed by atoms with Gasteiger partial charge in [-0.2, -0.15) is 0 Å². The number of hydrogen-bond donors (Lipinski definition) is 0. The van der Waals surface area contributed by atoms with Gasteiger partial charge in [-0.05, 0) is 155 Å². The van der Waals surface area contributed by atoms with Gasteiger partial charge in [0.25, 0.3) is 0 Å². The van der Waals surface area contributed by atoms with E-state index >= 15 is 0 Å². The van der Waals surface area contributed by atoms with Crippen molar-refractivity contribution in [2.75, 3.05) is 16.4 Å². The standard InChI is InChI=1S/C66H73ClN2O2/c1-14-46(63(7,8)15-2)42-66(13)43-70-44(3)22-21-27-61(66)69(58-32-28-47(62(4,5)6)36-54(58)45-23-17-16-18-24-45)52-38-48(67)37-51(39-52)68(49-30-33-60-55(40-49)53-25-19-20-26-59(53)71-60)50-29-31-56-57(41-50)65(11,12)35-34-64(56,9)10/h16-33,36-42H,3,14-15,34-35,43H2,1-2,4-13H3/b22-21-,46-42+,61-27+. The number of fused-ring (bicyclic) bond motifs is 4. The van der Waals surface area contributed by atoms with Crippen LogP contribution >= 0.6 is 11.6 Å². The largest absolute Gasteiger partial charge is 0.493 e. The van der Waals surface area contributed by atoms with Gasteiger partial charge in [0, 0.05) is 49.8 Å². The van der Waals surface area contributed by atoms with Gasteiger partial charge in [0.15, 0.2) is 0 Å². The molecule has 0 N–H and O–H groups in total. The summed E-state index contributed by atoms with van der Waals surface area (Å²) in [6, 6.07) is 46.4. The van der Waals surface area contributed by atoms with Crippen LogP contribution in [0.3, 0.4) is 0 Å². The second-order valence-electron chi connectivity index (χ2n) is 23.3. The number of hydrogen-bond acceptors (Lipinski definition) is 4. The molecule has 0 bridgehead atoms. The lowest BCUT2D eigenvalue weighted by molar-refractivity contribution is 0.159. The highest BCUT2D eigenvalue weighted by Gasteiger charge is 2.39. The number of halogens is 1. The summed E-state index contributed by atoms with van der Waals surface area (Å²) in [5.41, 5.74) is 14.8. The zero-order chi connectivity index (χ0) is 50.7. The topological polar surface area (TPSA) is 28.9 Å². The fourth-order valence-electron chi connectivity index (χ4n) is 10.9. The quantitative estimate of drug-likeness (QED) is 0.121. The van der Waals surface area contributed by atoms with Gasteiger partial charge < -0.3 is 19.0 Å². The molecule has 0 saturated heterocycles. The van der Waals surface area contributed by atoms with E-state index in [-0.39, 0.29) is 21.7 Å². The summed E-state index contributed by atoms with van der Waals surface area (Å²) in [4.78, 5) is 4.85. The van der Waals surface area contributed by atoms with Gasteiger partial charge in [-0.3, -0.25) is 0 Å². The molecule has 0 radical (unpaired) electrons. The van der Waals surface area contributed by atoms with Gasteiger partial charge in [-0.15, -0.1) is 0 Å². The number of allylic oxidation sites excluding steroid dienone is 4. The molecule has 5 heteroatoms. The summed E-state index contributed by atoms with van der Waals surface area (Å²) in [6.07, 6.45) is 13.0. The van der Waals surface area contributed by atoms with Crippen molar-refractivity contribution >= 4 is 62.0 Å². The van der Waals surface area contributed by atoms with Crippen molar-refractivity contribution in [3.8, 4) is 11.1 Å². The number of anilines is 5. The maximum Gasteiger partial charge on any atom is 0.135 e. The lowest BCUT2D eigenvalue weighted by Gasteiger charge is -2.43. The first-order chi connectivity index (χ1) is 33.6. The van der Waals surface area contributed by atoms with Crippen molar-refractivity contribution in [2.24, 2.45) is 10.8 Å². The van der Waals surface area contributed by atoms with Crippen LogP contribution in [0.5, 0.6) is 0 Å². The monoisotopic (exact) mass is 961 g/mol. The average molecular weight is 962 g/mol. The van der Waals surface area contributed by atoms with E-state index in [1.54, 1.807) is 0 Å². The van der Waals surface area contributed by atoms with Crippen LogP contribution in [0.25, 0.3) is 33.1 Å². The van der Waals surface area contributed by atoms with E-state index < -0.39 is 5.41 Å². The maximum absolute atomic E-state index is 7.62. The Kier molecular flexibility index (Phi) is 13.1. The number of benzene rings is 6. The molecule has 4 nitrogen and oxygen atoms in total. The zero-order valence-corrected chi connectivity index (χ0v) is 45.0. The van der Waals surface area contributed by atoms with Crippen LogP contribution in [0, 0.1) is 10.8 Å². The Labute approximate surface area is 429 Å². The molecule has 9 rings (SSSR count). The molecule has 0 amide bonds. The van der Waals surface area contributed by atoms with Gasteiger partial charge in [0.2, 0.25) is 0 Å². The molecule has 1 aliphatic carbocycles. The average Bonchev–Trinajstić information content (AvgIpc) is 3.71.